The summed E-state index contributed by atoms with van der Waals surface area (Å²) in [7, 11) is 0. The lowest BCUT2D eigenvalue weighted by Crippen LogP contribution is -2.30. The highest BCUT2D eigenvalue weighted by Gasteiger charge is 2.14. The van der Waals surface area contributed by atoms with Gasteiger partial charge in [-0.05, 0) is 31.4 Å². The van der Waals surface area contributed by atoms with Crippen LogP contribution in [0.5, 0.6) is 0 Å². The normalized spacial score (nSPS) is 11.2. The van der Waals surface area contributed by atoms with Gasteiger partial charge in [-0.1, -0.05) is 36.4 Å². The predicted molar refractivity (Wildman–Crippen MR) is 102 cm³/mol. The Morgan fingerprint density at radius 1 is 1.12 bits per heavy atom. The third-order valence-electron chi connectivity index (χ3n) is 4.44. The molecular weight excluding hydrogens is 328 g/mol. The minimum atomic E-state index is -0.264. The lowest BCUT2D eigenvalue weighted by molar-refractivity contribution is -0.116. The van der Waals surface area contributed by atoms with Crippen molar-refractivity contribution in [1.29, 1.82) is 0 Å². The topological polar surface area (TPSA) is 79.8 Å². The minimum Gasteiger partial charge on any atom is -0.343 e. The summed E-state index contributed by atoms with van der Waals surface area (Å²) in [6.07, 6.45) is 0. The van der Waals surface area contributed by atoms with E-state index in [2.05, 4.69) is 15.3 Å². The first-order valence-electron chi connectivity index (χ1n) is 8.37. The van der Waals surface area contributed by atoms with Crippen LogP contribution in [-0.2, 0) is 11.3 Å². The summed E-state index contributed by atoms with van der Waals surface area (Å²) < 4.78 is 1.40. The molecule has 26 heavy (non-hydrogen) atoms. The number of hydrogen-bond acceptors (Lipinski definition) is 3. The standard InChI is InChI=1S/C20H18N4O2/c1-12-10-16-19(21-12)22-13(2)24(20(16)26)11-18(25)23-17-9-5-7-14-6-3-4-8-15(14)17/h3-10,21H,11H2,1-2H3,(H,23,25). The van der Waals surface area contributed by atoms with Crippen molar-refractivity contribution in [2.45, 2.75) is 20.4 Å². The van der Waals surface area contributed by atoms with Crippen LogP contribution in [-0.4, -0.2) is 20.4 Å². The number of H-pyrrole nitrogens is 1. The molecule has 130 valence electrons. The Morgan fingerprint density at radius 3 is 2.73 bits per heavy atom. The number of benzene rings is 2. The van der Waals surface area contributed by atoms with Gasteiger partial charge in [0.25, 0.3) is 5.56 Å². The fraction of sp³-hybridized carbons (Fsp3) is 0.150. The van der Waals surface area contributed by atoms with Crippen LogP contribution in [0.2, 0.25) is 0 Å². The van der Waals surface area contributed by atoms with Gasteiger partial charge in [0.2, 0.25) is 5.91 Å². The monoisotopic (exact) mass is 346 g/mol. The van der Waals surface area contributed by atoms with Crippen molar-refractivity contribution in [3.63, 3.8) is 0 Å². The van der Waals surface area contributed by atoms with E-state index in [1.807, 2.05) is 49.4 Å². The highest BCUT2D eigenvalue weighted by molar-refractivity contribution is 6.02. The van der Waals surface area contributed by atoms with E-state index in [1.165, 1.54) is 4.57 Å². The largest absolute Gasteiger partial charge is 0.343 e. The first kappa shape index (κ1) is 16.1. The van der Waals surface area contributed by atoms with Crippen LogP contribution in [0.15, 0.2) is 53.3 Å². The van der Waals surface area contributed by atoms with E-state index in [0.29, 0.717) is 16.9 Å². The molecule has 6 heteroatoms. The van der Waals surface area contributed by atoms with Crippen LogP contribution in [0.25, 0.3) is 21.8 Å². The van der Waals surface area contributed by atoms with Gasteiger partial charge in [0.15, 0.2) is 0 Å². The average Bonchev–Trinajstić information content (AvgIpc) is 2.99. The summed E-state index contributed by atoms with van der Waals surface area (Å²) >= 11 is 0. The van der Waals surface area contributed by atoms with E-state index in [0.717, 1.165) is 22.2 Å². The molecule has 2 aromatic carbocycles. The molecular formula is C20H18N4O2. The molecule has 0 saturated heterocycles. The lowest BCUT2D eigenvalue weighted by Gasteiger charge is -2.11. The molecule has 0 spiro atoms. The van der Waals surface area contributed by atoms with Crippen molar-refractivity contribution in [3.05, 3.63) is 70.4 Å². The second kappa shape index (κ2) is 6.15. The van der Waals surface area contributed by atoms with E-state index in [1.54, 1.807) is 13.0 Å². The Morgan fingerprint density at radius 2 is 1.88 bits per heavy atom. The summed E-state index contributed by atoms with van der Waals surface area (Å²) in [6.45, 7) is 3.51. The summed E-state index contributed by atoms with van der Waals surface area (Å²) in [5, 5.41) is 5.40. The molecule has 2 N–H and O–H groups in total. The van der Waals surface area contributed by atoms with Crippen molar-refractivity contribution < 1.29 is 4.79 Å². The van der Waals surface area contributed by atoms with E-state index < -0.39 is 0 Å². The number of fused-ring (bicyclic) bond motifs is 2. The second-order valence-electron chi connectivity index (χ2n) is 6.34. The molecule has 2 heterocycles. The number of aryl methyl sites for hydroxylation is 2. The SMILES string of the molecule is Cc1cc2c(=O)n(CC(=O)Nc3cccc4ccccc34)c(C)nc2[nH]1. The number of carbonyl (C=O) groups is 1. The Bertz CT molecular complexity index is 1200. The summed E-state index contributed by atoms with van der Waals surface area (Å²) in [4.78, 5) is 32.7. The number of hydrogen-bond donors (Lipinski definition) is 2. The van der Waals surface area contributed by atoms with Crippen LogP contribution in [0.1, 0.15) is 11.5 Å². The van der Waals surface area contributed by atoms with Gasteiger partial charge in [0.05, 0.1) is 5.39 Å². The van der Waals surface area contributed by atoms with Gasteiger partial charge < -0.3 is 10.3 Å². The summed E-state index contributed by atoms with van der Waals surface area (Å²) in [5.41, 5.74) is 1.92. The maximum Gasteiger partial charge on any atom is 0.263 e. The van der Waals surface area contributed by atoms with Crippen LogP contribution in [0, 0.1) is 13.8 Å². The van der Waals surface area contributed by atoms with Gasteiger partial charge in [-0.25, -0.2) is 4.98 Å². The molecule has 0 fully saturated rings. The molecule has 0 bridgehead atoms. The fourth-order valence-electron chi connectivity index (χ4n) is 3.19. The van der Waals surface area contributed by atoms with Crippen LogP contribution in [0.3, 0.4) is 0 Å². The van der Waals surface area contributed by atoms with E-state index >= 15 is 0 Å². The van der Waals surface area contributed by atoms with Gasteiger partial charge in [-0.2, -0.15) is 0 Å². The highest BCUT2D eigenvalue weighted by atomic mass is 16.2. The first-order valence-corrected chi connectivity index (χ1v) is 8.37. The Kier molecular flexibility index (Phi) is 3.80. The molecule has 4 aromatic rings. The third-order valence-corrected chi connectivity index (χ3v) is 4.44. The van der Waals surface area contributed by atoms with Crippen molar-refractivity contribution in [1.82, 2.24) is 14.5 Å². The lowest BCUT2D eigenvalue weighted by atomic mass is 10.1. The van der Waals surface area contributed by atoms with Crippen molar-refractivity contribution in [3.8, 4) is 0 Å². The van der Waals surface area contributed by atoms with Crippen LogP contribution < -0.4 is 10.9 Å². The summed E-state index contributed by atoms with van der Waals surface area (Å²) in [5.74, 6) is 0.234. The van der Waals surface area contributed by atoms with Crippen LogP contribution >= 0.6 is 0 Å². The molecule has 0 unspecified atom stereocenters. The van der Waals surface area contributed by atoms with Crippen LogP contribution in [0.4, 0.5) is 5.69 Å². The average molecular weight is 346 g/mol. The quantitative estimate of drug-likeness (QED) is 0.598. The molecule has 4 rings (SSSR count). The third kappa shape index (κ3) is 2.75. The zero-order chi connectivity index (χ0) is 18.3. The van der Waals surface area contributed by atoms with Crippen molar-refractivity contribution >= 4 is 33.4 Å². The van der Waals surface area contributed by atoms with E-state index in [4.69, 9.17) is 0 Å². The van der Waals surface area contributed by atoms with Gasteiger partial charge in [-0.3, -0.25) is 14.2 Å². The number of aromatic amines is 1. The van der Waals surface area contributed by atoms with Gasteiger partial charge in [-0.15, -0.1) is 0 Å². The molecule has 0 aliphatic heterocycles. The van der Waals surface area contributed by atoms with Gasteiger partial charge in [0.1, 0.15) is 18.0 Å². The minimum absolute atomic E-state index is 0.0823. The maximum atomic E-state index is 12.7. The van der Waals surface area contributed by atoms with E-state index in [9.17, 15) is 9.59 Å². The van der Waals surface area contributed by atoms with Crippen molar-refractivity contribution in [2.75, 3.05) is 5.32 Å². The number of nitrogens with one attached hydrogen (secondary N) is 2. The molecule has 0 aliphatic rings. The van der Waals surface area contributed by atoms with E-state index in [-0.39, 0.29) is 18.0 Å². The predicted octanol–water partition coefficient (Wildman–Crippen LogP) is 3.13. The molecule has 6 nitrogen and oxygen atoms in total. The number of nitrogens with zero attached hydrogens (tertiary/aromatic N) is 2. The fourth-order valence-corrected chi connectivity index (χ4v) is 3.19. The molecule has 1 amide bonds. The second-order valence-corrected chi connectivity index (χ2v) is 6.34. The summed E-state index contributed by atoms with van der Waals surface area (Å²) in [6, 6.07) is 15.3. The van der Waals surface area contributed by atoms with Gasteiger partial charge >= 0.3 is 0 Å². The molecule has 0 aliphatic carbocycles. The van der Waals surface area contributed by atoms with Gasteiger partial charge in [0, 0.05) is 16.8 Å². The molecule has 2 aromatic heterocycles. The smallest absolute Gasteiger partial charge is 0.263 e. The number of anilines is 1. The molecule has 0 radical (unpaired) electrons. The van der Waals surface area contributed by atoms with Crippen molar-refractivity contribution in [2.24, 2.45) is 0 Å². The zero-order valence-corrected chi connectivity index (χ0v) is 14.5. The molecule has 0 saturated carbocycles. The maximum absolute atomic E-state index is 12.7. The first-order chi connectivity index (χ1) is 12.5. The Hall–Kier alpha value is -3.41. The highest BCUT2D eigenvalue weighted by Crippen LogP contribution is 2.22. The molecule has 0 atom stereocenters. The number of amides is 1. The number of carbonyl (C=O) groups excluding carboxylic acids is 1. The zero-order valence-electron chi connectivity index (χ0n) is 14.5. The number of rotatable bonds is 3. The Labute approximate surface area is 149 Å². The number of aromatic nitrogens is 3. The Balaban J connectivity index is 1.66.